The van der Waals surface area contributed by atoms with E-state index in [4.69, 9.17) is 4.74 Å². The van der Waals surface area contributed by atoms with Crippen LogP contribution in [-0.2, 0) is 0 Å². The molecule has 2 heterocycles. The van der Waals surface area contributed by atoms with Crippen LogP contribution in [-0.4, -0.2) is 16.9 Å². The topological polar surface area (TPSA) is 39.2 Å². The number of pyridine rings is 1. The van der Waals surface area contributed by atoms with Crippen molar-refractivity contribution in [2.24, 2.45) is 5.92 Å². The third-order valence-electron chi connectivity index (χ3n) is 3.37. The molecule has 0 aliphatic carbocycles. The Bertz CT molecular complexity index is 646. The number of hydrogen-bond acceptors (Lipinski definition) is 3. The molecular weight excluding hydrogens is 226 g/mol. The van der Waals surface area contributed by atoms with Crippen LogP contribution in [0.4, 0.5) is 0 Å². The van der Waals surface area contributed by atoms with Crippen LogP contribution in [0.15, 0.2) is 24.4 Å². The predicted octanol–water partition coefficient (Wildman–Crippen LogP) is 3.14. The van der Waals surface area contributed by atoms with Crippen LogP contribution in [0.3, 0.4) is 0 Å². The number of fused-ring (bicyclic) bond motifs is 3. The summed E-state index contributed by atoms with van der Waals surface area (Å²) in [7, 11) is 0. The number of carbonyl (C=O) groups excluding carboxylic acids is 1. The smallest absolute Gasteiger partial charge is 0.207 e. The van der Waals surface area contributed by atoms with Gasteiger partial charge in [-0.3, -0.25) is 9.78 Å². The molecule has 1 aromatic carbocycles. The Morgan fingerprint density at radius 1 is 1.33 bits per heavy atom. The van der Waals surface area contributed by atoms with Crippen molar-refractivity contribution in [1.82, 2.24) is 4.98 Å². The van der Waals surface area contributed by atoms with Crippen molar-refractivity contribution >= 4 is 16.6 Å². The Hall–Kier alpha value is -1.90. The first-order chi connectivity index (χ1) is 8.58. The fraction of sp³-hybridized carbons (Fsp3) is 0.333. The van der Waals surface area contributed by atoms with Crippen LogP contribution >= 0.6 is 0 Å². The van der Waals surface area contributed by atoms with Crippen LogP contribution < -0.4 is 4.74 Å². The molecule has 1 aliphatic rings. The van der Waals surface area contributed by atoms with E-state index in [1.54, 1.807) is 6.20 Å². The van der Waals surface area contributed by atoms with Crippen LogP contribution in [0.2, 0.25) is 0 Å². The first-order valence-corrected chi connectivity index (χ1v) is 6.18. The zero-order chi connectivity index (χ0) is 12.9. The van der Waals surface area contributed by atoms with Gasteiger partial charge in [-0.2, -0.15) is 0 Å². The monoisotopic (exact) mass is 241 g/mol. The molecule has 2 aromatic rings. The van der Waals surface area contributed by atoms with Gasteiger partial charge in [0.15, 0.2) is 6.10 Å². The fourth-order valence-corrected chi connectivity index (χ4v) is 2.40. The highest BCUT2D eigenvalue weighted by Crippen LogP contribution is 2.37. The van der Waals surface area contributed by atoms with Crippen molar-refractivity contribution in [1.29, 1.82) is 0 Å². The van der Waals surface area contributed by atoms with Gasteiger partial charge in [0.1, 0.15) is 5.75 Å². The Morgan fingerprint density at radius 3 is 2.83 bits per heavy atom. The van der Waals surface area contributed by atoms with Gasteiger partial charge in [0.25, 0.3) is 0 Å². The van der Waals surface area contributed by atoms with Crippen molar-refractivity contribution in [3.05, 3.63) is 35.7 Å². The van der Waals surface area contributed by atoms with Gasteiger partial charge >= 0.3 is 0 Å². The van der Waals surface area contributed by atoms with E-state index >= 15 is 0 Å². The first-order valence-electron chi connectivity index (χ1n) is 6.18. The first kappa shape index (κ1) is 11.2. The molecule has 3 heteroatoms. The van der Waals surface area contributed by atoms with Gasteiger partial charge in [-0.05, 0) is 30.4 Å². The number of hydrogen-bond donors (Lipinski definition) is 0. The zero-order valence-electron chi connectivity index (χ0n) is 10.7. The summed E-state index contributed by atoms with van der Waals surface area (Å²) in [5.41, 5.74) is 1.65. The van der Waals surface area contributed by atoms with E-state index in [-0.39, 0.29) is 17.8 Å². The van der Waals surface area contributed by atoms with Crippen LogP contribution in [0.5, 0.6) is 5.75 Å². The summed E-state index contributed by atoms with van der Waals surface area (Å²) in [4.78, 5) is 16.5. The number of Topliss-reactive ketones (excluding diaryl/α,β-unsaturated/α-hetero) is 1. The second-order valence-corrected chi connectivity index (χ2v) is 5.14. The number of ketones is 1. The average Bonchev–Trinajstić information content (AvgIpc) is 2.67. The highest BCUT2D eigenvalue weighted by Gasteiger charge is 2.35. The molecule has 92 valence electrons. The molecule has 0 amide bonds. The molecular formula is C15H15NO2. The number of aryl methyl sites for hydroxylation is 1. The van der Waals surface area contributed by atoms with Gasteiger partial charge in [-0.15, -0.1) is 0 Å². The van der Waals surface area contributed by atoms with Crippen LogP contribution in [0.25, 0.3) is 10.8 Å². The molecule has 0 radical (unpaired) electrons. The molecule has 0 fully saturated rings. The lowest BCUT2D eigenvalue weighted by atomic mass is 9.99. The van der Waals surface area contributed by atoms with E-state index in [0.717, 1.165) is 16.5 Å². The summed E-state index contributed by atoms with van der Waals surface area (Å²) in [6.45, 7) is 5.95. The highest BCUT2D eigenvalue weighted by atomic mass is 16.5. The Morgan fingerprint density at radius 2 is 2.11 bits per heavy atom. The number of carbonyl (C=O) groups is 1. The maximum Gasteiger partial charge on any atom is 0.207 e. The highest BCUT2D eigenvalue weighted by molar-refractivity contribution is 6.09. The maximum atomic E-state index is 12.2. The number of nitrogens with zero attached hydrogens (tertiary/aromatic N) is 1. The van der Waals surface area contributed by atoms with E-state index < -0.39 is 0 Å². The summed E-state index contributed by atoms with van der Waals surface area (Å²) in [5.74, 6) is 0.963. The predicted molar refractivity (Wildman–Crippen MR) is 70.1 cm³/mol. The van der Waals surface area contributed by atoms with Gasteiger partial charge in [0.2, 0.25) is 5.78 Å². The van der Waals surface area contributed by atoms with Gasteiger partial charge in [-0.25, -0.2) is 0 Å². The Labute approximate surface area is 106 Å². The van der Waals surface area contributed by atoms with Gasteiger partial charge < -0.3 is 4.74 Å². The molecule has 0 spiro atoms. The number of rotatable bonds is 1. The minimum absolute atomic E-state index is 0.0856. The van der Waals surface area contributed by atoms with Gasteiger partial charge in [-0.1, -0.05) is 19.9 Å². The normalized spacial score (nSPS) is 18.2. The summed E-state index contributed by atoms with van der Waals surface area (Å²) in [6.07, 6.45) is 1.44. The fourth-order valence-electron chi connectivity index (χ4n) is 2.40. The molecule has 1 atom stereocenters. The molecule has 3 nitrogen and oxygen atoms in total. The van der Waals surface area contributed by atoms with Crippen molar-refractivity contribution in [3.8, 4) is 5.75 Å². The number of aromatic nitrogens is 1. The van der Waals surface area contributed by atoms with E-state index in [9.17, 15) is 4.79 Å². The standard InChI is InChI=1S/C15H15NO2/c1-8(2)14-13(17)11-5-4-10-6-9(3)16-7-12(10)15(11)18-14/h4-8,14H,1-3H3/t14-/m0/s1. The number of ether oxygens (including phenoxy) is 1. The summed E-state index contributed by atoms with van der Waals surface area (Å²) in [6, 6.07) is 5.83. The van der Waals surface area contributed by atoms with Gasteiger partial charge in [0, 0.05) is 17.3 Å². The van der Waals surface area contributed by atoms with Gasteiger partial charge in [0.05, 0.1) is 5.56 Å². The summed E-state index contributed by atoms with van der Waals surface area (Å²) < 4.78 is 5.84. The minimum Gasteiger partial charge on any atom is -0.481 e. The molecule has 0 saturated carbocycles. The second kappa shape index (κ2) is 3.80. The largest absolute Gasteiger partial charge is 0.481 e. The van der Waals surface area contributed by atoms with E-state index in [1.807, 2.05) is 39.0 Å². The summed E-state index contributed by atoms with van der Waals surface area (Å²) in [5, 5.41) is 1.99. The quantitative estimate of drug-likeness (QED) is 0.770. The number of benzene rings is 1. The Balaban J connectivity index is 2.22. The molecule has 0 N–H and O–H groups in total. The lowest BCUT2D eigenvalue weighted by Crippen LogP contribution is -2.26. The van der Waals surface area contributed by atoms with Crippen molar-refractivity contribution in [2.45, 2.75) is 26.9 Å². The van der Waals surface area contributed by atoms with Crippen molar-refractivity contribution in [2.75, 3.05) is 0 Å². The second-order valence-electron chi connectivity index (χ2n) is 5.14. The lowest BCUT2D eigenvalue weighted by Gasteiger charge is -2.13. The average molecular weight is 241 g/mol. The van der Waals surface area contributed by atoms with Crippen molar-refractivity contribution in [3.63, 3.8) is 0 Å². The molecule has 0 unspecified atom stereocenters. The maximum absolute atomic E-state index is 12.2. The van der Waals surface area contributed by atoms with E-state index in [1.165, 1.54) is 0 Å². The van der Waals surface area contributed by atoms with Crippen LogP contribution in [0, 0.1) is 12.8 Å². The summed E-state index contributed by atoms with van der Waals surface area (Å²) >= 11 is 0. The van der Waals surface area contributed by atoms with Crippen LogP contribution in [0.1, 0.15) is 29.9 Å². The minimum atomic E-state index is -0.355. The molecule has 1 aromatic heterocycles. The lowest BCUT2D eigenvalue weighted by molar-refractivity contribution is 0.0792. The molecule has 0 saturated heterocycles. The SMILES string of the molecule is Cc1cc2ccc3c(c2cn1)O[C@@H](C(C)C)C3=O. The zero-order valence-corrected chi connectivity index (χ0v) is 10.7. The van der Waals surface area contributed by atoms with E-state index in [2.05, 4.69) is 4.98 Å². The molecule has 18 heavy (non-hydrogen) atoms. The van der Waals surface area contributed by atoms with Crippen molar-refractivity contribution < 1.29 is 9.53 Å². The third-order valence-corrected chi connectivity index (χ3v) is 3.37. The molecule has 3 rings (SSSR count). The molecule has 1 aliphatic heterocycles. The third kappa shape index (κ3) is 1.50. The van der Waals surface area contributed by atoms with E-state index in [0.29, 0.717) is 11.3 Å². The molecule has 0 bridgehead atoms. The Kier molecular flexibility index (Phi) is 2.37.